The van der Waals surface area contributed by atoms with Gasteiger partial charge < -0.3 is 4.74 Å². The Kier molecular flexibility index (Phi) is 3.18. The fourth-order valence-corrected chi connectivity index (χ4v) is 3.23. The maximum atomic E-state index is 6.22. The van der Waals surface area contributed by atoms with Crippen molar-refractivity contribution in [3.8, 4) is 0 Å². The number of hydrogen-bond donors (Lipinski definition) is 0. The molecule has 1 aliphatic heterocycles. The molecule has 0 bridgehead atoms. The minimum absolute atomic E-state index is 0.242. The monoisotopic (exact) mass is 294 g/mol. The van der Waals surface area contributed by atoms with E-state index < -0.39 is 0 Å². The molecule has 0 N–H and O–H groups in total. The molecule has 0 radical (unpaired) electrons. The molecule has 0 aromatic rings. The highest BCUT2D eigenvalue weighted by atomic mass is 127. The summed E-state index contributed by atoms with van der Waals surface area (Å²) in [5.41, 5.74) is 0.242. The quantitative estimate of drug-likeness (QED) is 0.559. The molecule has 1 saturated heterocycles. The number of ether oxygens (including phenoxy) is 1. The van der Waals surface area contributed by atoms with Crippen LogP contribution in [0.25, 0.3) is 0 Å². The first kappa shape index (κ1) is 10.2. The molecular weight excluding hydrogens is 275 g/mol. The normalized spacial score (nSPS) is 41.5. The highest BCUT2D eigenvalue weighted by Gasteiger charge is 2.41. The van der Waals surface area contributed by atoms with Gasteiger partial charge in [-0.05, 0) is 44.9 Å². The van der Waals surface area contributed by atoms with Crippen molar-refractivity contribution in [2.45, 2.75) is 57.2 Å². The molecule has 0 aromatic heterocycles. The molecule has 2 heteroatoms. The summed E-state index contributed by atoms with van der Waals surface area (Å²) >= 11 is 2.45. The van der Waals surface area contributed by atoms with E-state index in [2.05, 4.69) is 29.5 Å². The lowest BCUT2D eigenvalue weighted by molar-refractivity contribution is -0.155. The van der Waals surface area contributed by atoms with Crippen molar-refractivity contribution in [1.29, 1.82) is 0 Å². The van der Waals surface area contributed by atoms with Crippen molar-refractivity contribution in [2.24, 2.45) is 5.92 Å². The van der Waals surface area contributed by atoms with Gasteiger partial charge in [-0.1, -0.05) is 29.0 Å². The van der Waals surface area contributed by atoms with E-state index in [9.17, 15) is 0 Å². The predicted molar refractivity (Wildman–Crippen MR) is 63.4 cm³/mol. The second-order valence-electron chi connectivity index (χ2n) is 4.73. The van der Waals surface area contributed by atoms with Gasteiger partial charge in [0.25, 0.3) is 0 Å². The van der Waals surface area contributed by atoms with Crippen molar-refractivity contribution in [3.05, 3.63) is 0 Å². The number of hydrogen-bond acceptors (Lipinski definition) is 1. The molecule has 2 fully saturated rings. The van der Waals surface area contributed by atoms with Crippen molar-refractivity contribution >= 4 is 22.6 Å². The van der Waals surface area contributed by atoms with E-state index >= 15 is 0 Å². The van der Waals surface area contributed by atoms with Gasteiger partial charge in [-0.15, -0.1) is 0 Å². The van der Waals surface area contributed by atoms with E-state index in [-0.39, 0.29) is 5.60 Å². The van der Waals surface area contributed by atoms with Gasteiger partial charge in [0.2, 0.25) is 0 Å². The van der Waals surface area contributed by atoms with Crippen LogP contribution in [0.1, 0.15) is 45.4 Å². The molecular formula is C11H19IO. The van der Waals surface area contributed by atoms with E-state index in [0.717, 1.165) is 5.92 Å². The van der Waals surface area contributed by atoms with Crippen molar-refractivity contribution < 1.29 is 4.74 Å². The summed E-state index contributed by atoms with van der Waals surface area (Å²) in [6.45, 7) is 2.34. The molecule has 2 rings (SSSR count). The first-order valence-electron chi connectivity index (χ1n) is 5.48. The van der Waals surface area contributed by atoms with Crippen LogP contribution in [-0.4, -0.2) is 16.1 Å². The van der Waals surface area contributed by atoms with Crippen LogP contribution in [0.4, 0.5) is 0 Å². The molecule has 1 nitrogen and oxygen atoms in total. The summed E-state index contributed by atoms with van der Waals surface area (Å²) in [5, 5.41) is 0. The number of rotatable bonds is 2. The zero-order valence-electron chi connectivity index (χ0n) is 8.39. The predicted octanol–water partition coefficient (Wildman–Crippen LogP) is 3.55. The lowest BCUT2D eigenvalue weighted by atomic mass is 9.70. The molecule has 13 heavy (non-hydrogen) atoms. The van der Waals surface area contributed by atoms with Crippen LogP contribution in [0.15, 0.2) is 0 Å². The van der Waals surface area contributed by atoms with Crippen molar-refractivity contribution in [3.63, 3.8) is 0 Å². The van der Waals surface area contributed by atoms with Gasteiger partial charge in [0, 0.05) is 4.43 Å². The van der Waals surface area contributed by atoms with Crippen LogP contribution in [-0.2, 0) is 4.74 Å². The van der Waals surface area contributed by atoms with Crippen LogP contribution < -0.4 is 0 Å². The Balaban J connectivity index is 1.95. The van der Waals surface area contributed by atoms with E-state index in [1.807, 2.05) is 0 Å². The fraction of sp³-hybridized carbons (Fsp3) is 1.00. The van der Waals surface area contributed by atoms with Crippen molar-refractivity contribution in [2.75, 3.05) is 4.43 Å². The second-order valence-corrected chi connectivity index (χ2v) is 5.61. The third-order valence-electron chi connectivity index (χ3n) is 3.78. The van der Waals surface area contributed by atoms with Gasteiger partial charge in [-0.2, -0.15) is 0 Å². The molecule has 0 aromatic carbocycles. The van der Waals surface area contributed by atoms with Gasteiger partial charge in [0.1, 0.15) is 0 Å². The molecule has 1 saturated carbocycles. The molecule has 76 valence electrons. The fourth-order valence-electron chi connectivity index (χ4n) is 2.61. The minimum Gasteiger partial charge on any atom is -0.371 e. The van der Waals surface area contributed by atoms with Crippen LogP contribution in [0.2, 0.25) is 0 Å². The molecule has 1 aliphatic carbocycles. The van der Waals surface area contributed by atoms with E-state index in [1.165, 1.54) is 43.0 Å². The summed E-state index contributed by atoms with van der Waals surface area (Å²) in [6, 6.07) is 0. The van der Waals surface area contributed by atoms with Crippen LogP contribution in [0, 0.1) is 5.92 Å². The Morgan fingerprint density at radius 1 is 1.31 bits per heavy atom. The third kappa shape index (κ3) is 2.04. The Labute approximate surface area is 94.8 Å². The molecule has 0 amide bonds. The average molecular weight is 294 g/mol. The number of halogens is 1. The molecule has 2 aliphatic rings. The third-order valence-corrected chi connectivity index (χ3v) is 4.76. The largest absolute Gasteiger partial charge is 0.371 e. The van der Waals surface area contributed by atoms with Crippen LogP contribution >= 0.6 is 22.6 Å². The Hall–Kier alpha value is 0.690. The van der Waals surface area contributed by atoms with E-state index in [0.29, 0.717) is 6.10 Å². The van der Waals surface area contributed by atoms with Gasteiger partial charge >= 0.3 is 0 Å². The van der Waals surface area contributed by atoms with E-state index in [4.69, 9.17) is 4.74 Å². The van der Waals surface area contributed by atoms with Crippen LogP contribution in [0.3, 0.4) is 0 Å². The maximum Gasteiger partial charge on any atom is 0.0686 e. The second kappa shape index (κ2) is 4.05. The minimum atomic E-state index is 0.242. The smallest absolute Gasteiger partial charge is 0.0686 e. The highest BCUT2D eigenvalue weighted by molar-refractivity contribution is 14.1. The highest BCUT2D eigenvalue weighted by Crippen LogP contribution is 2.44. The summed E-state index contributed by atoms with van der Waals surface area (Å²) in [7, 11) is 0. The zero-order valence-corrected chi connectivity index (χ0v) is 10.5. The van der Waals surface area contributed by atoms with Crippen molar-refractivity contribution in [1.82, 2.24) is 0 Å². The Morgan fingerprint density at radius 2 is 2.08 bits per heavy atom. The maximum absolute atomic E-state index is 6.22. The molecule has 2 atom stereocenters. The number of alkyl halides is 1. The first-order valence-corrected chi connectivity index (χ1v) is 7.01. The summed E-state index contributed by atoms with van der Waals surface area (Å²) in [4.78, 5) is 0. The zero-order chi connectivity index (χ0) is 9.31. The SMILES string of the molecule is CC1(C2CCC2)CCCC(CI)O1. The van der Waals surface area contributed by atoms with E-state index in [1.54, 1.807) is 0 Å². The van der Waals surface area contributed by atoms with Gasteiger partial charge in [-0.3, -0.25) is 0 Å². The van der Waals surface area contributed by atoms with Gasteiger partial charge in [-0.25, -0.2) is 0 Å². The topological polar surface area (TPSA) is 9.23 Å². The lowest BCUT2D eigenvalue weighted by Crippen LogP contribution is -2.47. The Morgan fingerprint density at radius 3 is 2.62 bits per heavy atom. The Bertz CT molecular complexity index is 179. The molecule has 0 spiro atoms. The average Bonchev–Trinajstić information content (AvgIpc) is 2.00. The molecule has 1 heterocycles. The van der Waals surface area contributed by atoms with Gasteiger partial charge in [0.15, 0.2) is 0 Å². The summed E-state index contributed by atoms with van der Waals surface area (Å²) in [5.74, 6) is 0.873. The lowest BCUT2D eigenvalue weighted by Gasteiger charge is -2.47. The standard InChI is InChI=1S/C11H19IO/c1-11(9-4-2-5-9)7-3-6-10(8-12)13-11/h9-10H,2-8H2,1H3. The summed E-state index contributed by atoms with van der Waals surface area (Å²) < 4.78 is 7.39. The summed E-state index contributed by atoms with van der Waals surface area (Å²) in [6.07, 6.45) is 8.74. The molecule has 2 unspecified atom stereocenters. The first-order chi connectivity index (χ1) is 6.24. The van der Waals surface area contributed by atoms with Crippen LogP contribution in [0.5, 0.6) is 0 Å². The van der Waals surface area contributed by atoms with Gasteiger partial charge in [0.05, 0.1) is 11.7 Å².